The molecule has 3 aromatic rings. The number of carbonyl (C=O) groups excluding carboxylic acids is 2. The molecule has 2 heterocycles. The molecule has 1 aromatic heterocycles. The fraction of sp³-hybridized carbons (Fsp3) is 0.348. The van der Waals surface area contributed by atoms with Crippen molar-refractivity contribution in [3.8, 4) is 16.3 Å². The summed E-state index contributed by atoms with van der Waals surface area (Å²) in [6.07, 6.45) is 1.31. The van der Waals surface area contributed by atoms with Gasteiger partial charge in [-0.15, -0.1) is 11.3 Å². The third kappa shape index (κ3) is 4.85. The second-order valence-corrected chi connectivity index (χ2v) is 11.9. The molecule has 0 spiro atoms. The third-order valence-electron chi connectivity index (χ3n) is 5.37. The molecule has 2 N–H and O–H groups in total. The van der Waals surface area contributed by atoms with E-state index in [1.165, 1.54) is 11.3 Å². The lowest BCUT2D eigenvalue weighted by atomic mass is 9.84. The van der Waals surface area contributed by atoms with Gasteiger partial charge in [0, 0.05) is 24.2 Å². The molecule has 0 atom stereocenters. The number of nitrogens with zero attached hydrogens (tertiary/aromatic N) is 2. The SMILES string of the molecule is COc1c(-c2nc3cc(NS(C)(=O)=O)ccc3s2)cc(N2CCC(=O)NC2=O)cc1C(C)(C)C. The van der Waals surface area contributed by atoms with Crippen LogP contribution in [0.15, 0.2) is 30.3 Å². The summed E-state index contributed by atoms with van der Waals surface area (Å²) >= 11 is 1.44. The van der Waals surface area contributed by atoms with E-state index in [0.717, 1.165) is 16.5 Å². The van der Waals surface area contributed by atoms with Crippen LogP contribution in [0.5, 0.6) is 5.75 Å². The molecule has 0 bridgehead atoms. The van der Waals surface area contributed by atoms with Crippen LogP contribution in [-0.4, -0.2) is 45.3 Å². The Morgan fingerprint density at radius 1 is 1.18 bits per heavy atom. The molecule has 0 saturated carbocycles. The molecule has 0 radical (unpaired) electrons. The lowest BCUT2D eigenvalue weighted by Gasteiger charge is -2.30. The van der Waals surface area contributed by atoms with Gasteiger partial charge in [0.05, 0.1) is 34.8 Å². The molecular weight excluding hydrogens is 476 g/mol. The maximum atomic E-state index is 12.6. The number of anilines is 2. The van der Waals surface area contributed by atoms with Gasteiger partial charge in [0.1, 0.15) is 10.8 Å². The van der Waals surface area contributed by atoms with Gasteiger partial charge in [-0.05, 0) is 35.7 Å². The predicted molar refractivity (Wildman–Crippen MR) is 134 cm³/mol. The highest BCUT2D eigenvalue weighted by atomic mass is 32.2. The molecule has 0 unspecified atom stereocenters. The number of rotatable bonds is 5. The number of hydrogen-bond acceptors (Lipinski definition) is 7. The van der Waals surface area contributed by atoms with Crippen molar-refractivity contribution in [3.05, 3.63) is 35.9 Å². The van der Waals surface area contributed by atoms with Crippen LogP contribution in [-0.2, 0) is 20.2 Å². The van der Waals surface area contributed by atoms with E-state index < -0.39 is 16.1 Å². The molecule has 180 valence electrons. The minimum atomic E-state index is -3.41. The number of thiazole rings is 1. The zero-order chi connectivity index (χ0) is 24.8. The number of aromatic nitrogens is 1. The van der Waals surface area contributed by atoms with E-state index in [1.54, 1.807) is 24.1 Å². The fourth-order valence-corrected chi connectivity index (χ4v) is 5.35. The molecule has 1 saturated heterocycles. The summed E-state index contributed by atoms with van der Waals surface area (Å²) in [6, 6.07) is 8.48. The fourth-order valence-electron chi connectivity index (χ4n) is 3.84. The van der Waals surface area contributed by atoms with Crippen LogP contribution in [0.3, 0.4) is 0 Å². The van der Waals surface area contributed by atoms with E-state index in [4.69, 9.17) is 9.72 Å². The molecular formula is C23H26N4O5S2. The normalized spacial score (nSPS) is 14.9. The van der Waals surface area contributed by atoms with Crippen molar-refractivity contribution in [3.63, 3.8) is 0 Å². The number of fused-ring (bicyclic) bond motifs is 1. The minimum Gasteiger partial charge on any atom is -0.496 e. The number of methoxy groups -OCH3 is 1. The maximum Gasteiger partial charge on any atom is 0.328 e. The lowest BCUT2D eigenvalue weighted by molar-refractivity contribution is -0.120. The molecule has 1 fully saturated rings. The van der Waals surface area contributed by atoms with Crippen LogP contribution in [0, 0.1) is 0 Å². The molecule has 1 aliphatic heterocycles. The number of ether oxygens (including phenoxy) is 1. The van der Waals surface area contributed by atoms with Gasteiger partial charge in [-0.25, -0.2) is 18.2 Å². The first-order valence-electron chi connectivity index (χ1n) is 10.6. The Labute approximate surface area is 202 Å². The zero-order valence-electron chi connectivity index (χ0n) is 19.6. The van der Waals surface area contributed by atoms with E-state index in [9.17, 15) is 18.0 Å². The quantitative estimate of drug-likeness (QED) is 0.543. The number of urea groups is 1. The maximum absolute atomic E-state index is 12.6. The second-order valence-electron chi connectivity index (χ2n) is 9.15. The van der Waals surface area contributed by atoms with E-state index >= 15 is 0 Å². The summed E-state index contributed by atoms with van der Waals surface area (Å²) in [7, 11) is -1.81. The Bertz CT molecular complexity index is 1410. The minimum absolute atomic E-state index is 0.217. The van der Waals surface area contributed by atoms with Crippen LogP contribution in [0.4, 0.5) is 16.2 Å². The van der Waals surface area contributed by atoms with Crippen molar-refractivity contribution in [2.45, 2.75) is 32.6 Å². The average molecular weight is 503 g/mol. The van der Waals surface area contributed by atoms with Gasteiger partial charge in [0.2, 0.25) is 15.9 Å². The Morgan fingerprint density at radius 2 is 1.91 bits per heavy atom. The van der Waals surface area contributed by atoms with Crippen molar-refractivity contribution < 1.29 is 22.7 Å². The summed E-state index contributed by atoms with van der Waals surface area (Å²) in [6.45, 7) is 6.44. The van der Waals surface area contributed by atoms with Gasteiger partial charge in [0.15, 0.2) is 0 Å². The first-order valence-corrected chi connectivity index (χ1v) is 13.3. The van der Waals surface area contributed by atoms with Gasteiger partial charge in [-0.3, -0.25) is 19.7 Å². The largest absolute Gasteiger partial charge is 0.496 e. The van der Waals surface area contributed by atoms with E-state index in [0.29, 0.717) is 33.2 Å². The number of hydrogen-bond donors (Lipinski definition) is 2. The van der Waals surface area contributed by atoms with Crippen LogP contribution < -0.4 is 19.7 Å². The van der Waals surface area contributed by atoms with Gasteiger partial charge >= 0.3 is 6.03 Å². The predicted octanol–water partition coefficient (Wildman–Crippen LogP) is 4.09. The molecule has 11 heteroatoms. The monoisotopic (exact) mass is 502 g/mol. The summed E-state index contributed by atoms with van der Waals surface area (Å²) in [5.41, 5.74) is 3.02. The number of amides is 3. The summed E-state index contributed by atoms with van der Waals surface area (Å²) in [4.78, 5) is 30.5. The summed E-state index contributed by atoms with van der Waals surface area (Å²) < 4.78 is 32.4. The van der Waals surface area contributed by atoms with Crippen LogP contribution in [0.25, 0.3) is 20.8 Å². The topological polar surface area (TPSA) is 118 Å². The zero-order valence-corrected chi connectivity index (χ0v) is 21.2. The van der Waals surface area contributed by atoms with Crippen LogP contribution in [0.2, 0.25) is 0 Å². The Kier molecular flexibility index (Phi) is 6.03. The number of nitrogens with one attached hydrogen (secondary N) is 2. The van der Waals surface area contributed by atoms with Crippen molar-refractivity contribution >= 4 is 54.9 Å². The number of benzene rings is 2. The number of carbonyl (C=O) groups is 2. The standard InChI is InChI=1S/C23H26N4O5S2/c1-23(2,3)16-12-14(27-9-8-19(28)25-22(27)29)11-15(20(16)32-4)21-24-17-10-13(26-34(5,30)31)6-7-18(17)33-21/h6-7,10-12,26H,8-9H2,1-5H3,(H,25,28,29). The highest BCUT2D eigenvalue weighted by Gasteiger charge is 2.29. The smallest absolute Gasteiger partial charge is 0.328 e. The van der Waals surface area contributed by atoms with Gasteiger partial charge in [-0.2, -0.15) is 0 Å². The Balaban J connectivity index is 1.88. The van der Waals surface area contributed by atoms with Crippen molar-refractivity contribution in [2.24, 2.45) is 0 Å². The Hall–Kier alpha value is -3.18. The first-order chi connectivity index (χ1) is 15.9. The summed E-state index contributed by atoms with van der Waals surface area (Å²) in [5, 5.41) is 3.04. The van der Waals surface area contributed by atoms with Gasteiger partial charge in [-0.1, -0.05) is 20.8 Å². The first kappa shape index (κ1) is 24.0. The van der Waals surface area contributed by atoms with Gasteiger partial charge < -0.3 is 4.74 Å². The van der Waals surface area contributed by atoms with Crippen molar-refractivity contribution in [1.29, 1.82) is 0 Å². The second kappa shape index (κ2) is 8.55. The number of sulfonamides is 1. The van der Waals surface area contributed by atoms with Crippen LogP contribution in [0.1, 0.15) is 32.8 Å². The molecule has 9 nitrogen and oxygen atoms in total. The molecule has 1 aliphatic rings. The average Bonchev–Trinajstić information content (AvgIpc) is 3.14. The van der Waals surface area contributed by atoms with Crippen LogP contribution >= 0.6 is 11.3 Å². The Morgan fingerprint density at radius 3 is 2.53 bits per heavy atom. The molecule has 34 heavy (non-hydrogen) atoms. The van der Waals surface area contributed by atoms with E-state index in [2.05, 4.69) is 30.8 Å². The lowest BCUT2D eigenvalue weighted by Crippen LogP contribution is -2.49. The molecule has 3 amide bonds. The highest BCUT2D eigenvalue weighted by Crippen LogP contribution is 2.44. The van der Waals surface area contributed by atoms with E-state index in [-0.39, 0.29) is 24.3 Å². The van der Waals surface area contributed by atoms with Crippen molar-refractivity contribution in [1.82, 2.24) is 10.3 Å². The van der Waals surface area contributed by atoms with E-state index in [1.807, 2.05) is 18.2 Å². The third-order valence-corrected chi connectivity index (χ3v) is 7.05. The molecule has 2 aromatic carbocycles. The van der Waals surface area contributed by atoms with Gasteiger partial charge in [0.25, 0.3) is 0 Å². The number of imide groups is 1. The molecule has 0 aliphatic carbocycles. The highest BCUT2D eigenvalue weighted by molar-refractivity contribution is 7.92. The molecule has 4 rings (SSSR count). The van der Waals surface area contributed by atoms with Crippen molar-refractivity contribution in [2.75, 3.05) is 29.5 Å². The summed E-state index contributed by atoms with van der Waals surface area (Å²) in [5.74, 6) is 0.356.